The molecule has 0 atom stereocenters. The Bertz CT molecular complexity index is 328. The molecule has 1 aliphatic rings. The number of rotatable bonds is 1. The number of hydrogen-bond donors (Lipinski definition) is 0. The molecular formula is C17H32Dy. The second-order valence-corrected chi connectivity index (χ2v) is 21.1. The summed E-state index contributed by atoms with van der Waals surface area (Å²) in [6.07, 6.45) is 8.26. The molecule has 110 valence electrons. The van der Waals surface area contributed by atoms with E-state index >= 15 is 0 Å². The summed E-state index contributed by atoms with van der Waals surface area (Å²) in [5.41, 5.74) is 0. The van der Waals surface area contributed by atoms with Gasteiger partial charge in [-0.1, -0.05) is 0 Å². The van der Waals surface area contributed by atoms with E-state index in [4.69, 9.17) is 0 Å². The van der Waals surface area contributed by atoms with E-state index in [0.29, 0.717) is 4.35 Å². The molecule has 0 N–H and O–H groups in total. The molecule has 0 aromatic heterocycles. The molecule has 18 heavy (non-hydrogen) atoms. The third-order valence-corrected chi connectivity index (χ3v) is 19.5. The quantitative estimate of drug-likeness (QED) is 0.464. The molecule has 1 heteroatoms. The molecule has 0 aromatic rings. The Morgan fingerprint density at radius 1 is 0.778 bits per heavy atom. The molecule has 0 heterocycles. The van der Waals surface area contributed by atoms with Gasteiger partial charge < -0.3 is 0 Å². The van der Waals surface area contributed by atoms with Crippen molar-refractivity contribution in [2.24, 2.45) is 0 Å². The molecule has 0 unspecified atom stereocenters. The van der Waals surface area contributed by atoms with Gasteiger partial charge in [0.25, 0.3) is 0 Å². The maximum absolute atomic E-state index is 2.49. The molecule has 0 fully saturated rings. The average Bonchev–Trinajstić information content (AvgIpc) is 2.48. The Balaban J connectivity index is 3.58. The summed E-state index contributed by atoms with van der Waals surface area (Å²) in [5, 5.41) is 0. The van der Waals surface area contributed by atoms with E-state index in [-0.39, 0.29) is 0 Å². The van der Waals surface area contributed by atoms with Gasteiger partial charge in [-0.2, -0.15) is 0 Å². The van der Waals surface area contributed by atoms with Gasteiger partial charge in [0, 0.05) is 0 Å². The third kappa shape index (κ3) is 2.50. The molecule has 0 amide bonds. The normalized spacial score (nSPS) is 19.1. The van der Waals surface area contributed by atoms with E-state index in [1.807, 2.05) is 0 Å². The van der Waals surface area contributed by atoms with Gasteiger partial charge in [-0.15, -0.1) is 0 Å². The molecule has 0 nitrogen and oxygen atoms in total. The van der Waals surface area contributed by atoms with Crippen molar-refractivity contribution in [1.29, 1.82) is 0 Å². The first kappa shape index (κ1) is 16.8. The van der Waals surface area contributed by atoms with Crippen LogP contribution in [0.4, 0.5) is 0 Å². The molecule has 0 saturated carbocycles. The van der Waals surface area contributed by atoms with Crippen LogP contribution in [0.1, 0.15) is 68.7 Å². The number of allylic oxidation sites excluding steroid dienone is 4. The minimum absolute atomic E-state index is 0.418. The van der Waals surface area contributed by atoms with E-state index in [1.165, 1.54) is 6.42 Å². The average molecular weight is 399 g/mol. The molecule has 0 aromatic carbocycles. The van der Waals surface area contributed by atoms with Crippen LogP contribution in [0.2, 0.25) is 4.35 Å². The summed E-state index contributed by atoms with van der Waals surface area (Å²) < 4.78 is 3.04. The fourth-order valence-electron chi connectivity index (χ4n) is 3.63. The van der Waals surface area contributed by atoms with E-state index in [2.05, 4.69) is 80.5 Å². The second kappa shape index (κ2) is 4.94. The van der Waals surface area contributed by atoms with E-state index < -0.39 is 30.3 Å². The summed E-state index contributed by atoms with van der Waals surface area (Å²) >= 11 is -2.23. The van der Waals surface area contributed by atoms with E-state index in [1.54, 1.807) is 1.61 Å². The van der Waals surface area contributed by atoms with Gasteiger partial charge in [0.1, 0.15) is 0 Å². The van der Waals surface area contributed by atoms with Crippen molar-refractivity contribution in [2.75, 3.05) is 0 Å². The Morgan fingerprint density at radius 3 is 1.39 bits per heavy atom. The fraction of sp³-hybridized carbons (Fsp3) is 0.765. The zero-order chi connectivity index (χ0) is 14.4. The first-order valence-corrected chi connectivity index (χ1v) is 10.9. The predicted molar refractivity (Wildman–Crippen MR) is 81.0 cm³/mol. The zero-order valence-electron chi connectivity index (χ0n) is 13.8. The van der Waals surface area contributed by atoms with E-state index in [0.717, 1.165) is 0 Å². The predicted octanol–water partition coefficient (Wildman–Crippen LogP) is 6.64. The van der Waals surface area contributed by atoms with Crippen molar-refractivity contribution in [2.45, 2.75) is 73.1 Å². The van der Waals surface area contributed by atoms with Crippen LogP contribution < -0.4 is 0 Å². The fourth-order valence-corrected chi connectivity index (χ4v) is 24.8. The van der Waals surface area contributed by atoms with Crippen LogP contribution >= 0.6 is 0 Å². The molecule has 1 aliphatic carbocycles. The summed E-state index contributed by atoms with van der Waals surface area (Å²) in [7, 11) is 0. The maximum atomic E-state index is 2.49. The first-order chi connectivity index (χ1) is 7.86. The van der Waals surface area contributed by atoms with Crippen LogP contribution in [0.3, 0.4) is 0 Å². The van der Waals surface area contributed by atoms with Crippen LogP contribution in [0.15, 0.2) is 19.8 Å². The van der Waals surface area contributed by atoms with Gasteiger partial charge in [-0.05, 0) is 0 Å². The van der Waals surface area contributed by atoms with Crippen LogP contribution in [0.5, 0.6) is 0 Å². The van der Waals surface area contributed by atoms with Gasteiger partial charge in [-0.25, -0.2) is 0 Å². The summed E-state index contributed by atoms with van der Waals surface area (Å²) in [6.45, 7) is 22.4. The Morgan fingerprint density at radius 2 is 1.17 bits per heavy atom. The second-order valence-electron chi connectivity index (χ2n) is 7.60. The van der Waals surface area contributed by atoms with Crippen LogP contribution in [0.25, 0.3) is 0 Å². The topological polar surface area (TPSA) is 0 Å². The van der Waals surface area contributed by atoms with Crippen molar-refractivity contribution < 1.29 is 30.3 Å². The van der Waals surface area contributed by atoms with Crippen LogP contribution in [0, 0.1) is 30.3 Å². The van der Waals surface area contributed by atoms with Gasteiger partial charge in [-0.3, -0.25) is 0 Å². The van der Waals surface area contributed by atoms with E-state index in [9.17, 15) is 0 Å². The SMILES string of the molecule is C[C](C)(C)[Dy]([C]1=CC=CC1)([C](C)(C)C)[C](C)(C)C. The Kier molecular flexibility index (Phi) is 4.61. The van der Waals surface area contributed by atoms with Crippen molar-refractivity contribution in [3.05, 3.63) is 19.8 Å². The molecule has 0 aliphatic heterocycles. The van der Waals surface area contributed by atoms with Crippen molar-refractivity contribution >= 4 is 0 Å². The van der Waals surface area contributed by atoms with Crippen LogP contribution in [-0.4, -0.2) is 0 Å². The molecule has 1 rings (SSSR count). The Labute approximate surface area is 122 Å². The first-order valence-electron chi connectivity index (χ1n) is 6.85. The molecular weight excluding hydrogens is 367 g/mol. The number of hydrogen-bond acceptors (Lipinski definition) is 0. The minimum atomic E-state index is -2.23. The molecule has 0 radical (unpaired) electrons. The van der Waals surface area contributed by atoms with Crippen molar-refractivity contribution in [3.8, 4) is 0 Å². The summed E-state index contributed by atoms with van der Waals surface area (Å²) in [6, 6.07) is 0. The summed E-state index contributed by atoms with van der Waals surface area (Å²) in [4.78, 5) is 0. The standard InChI is InChI=1S/C5H5.3C4H9.Dy/c1-2-4-5-3-1;3*1-4(2)3;/h1-3H,4H2;3*1-3H3;. The monoisotopic (exact) mass is 400 g/mol. The molecule has 0 spiro atoms. The van der Waals surface area contributed by atoms with Crippen molar-refractivity contribution in [3.63, 3.8) is 0 Å². The molecule has 0 saturated heterocycles. The van der Waals surface area contributed by atoms with Crippen LogP contribution in [-0.2, 0) is 0 Å². The zero-order valence-corrected chi connectivity index (χ0v) is 15.8. The van der Waals surface area contributed by atoms with Gasteiger partial charge in [0.2, 0.25) is 0 Å². The summed E-state index contributed by atoms with van der Waals surface area (Å²) in [5.74, 6) is 0. The molecule has 0 bridgehead atoms. The van der Waals surface area contributed by atoms with Gasteiger partial charge >= 0.3 is 123 Å². The van der Waals surface area contributed by atoms with Crippen molar-refractivity contribution in [1.82, 2.24) is 0 Å². The third-order valence-electron chi connectivity index (χ3n) is 3.14. The van der Waals surface area contributed by atoms with Gasteiger partial charge in [0.15, 0.2) is 0 Å². The van der Waals surface area contributed by atoms with Gasteiger partial charge in [0.05, 0.1) is 0 Å². The Hall–Kier alpha value is 0.753.